The molecule has 7 aromatic rings. The summed E-state index contributed by atoms with van der Waals surface area (Å²) >= 11 is 0. The first-order valence-corrected chi connectivity index (χ1v) is 16.3. The topological polar surface area (TPSA) is 9.86 Å². The van der Waals surface area contributed by atoms with Gasteiger partial charge in [-0.2, -0.15) is 0 Å². The van der Waals surface area contributed by atoms with Crippen molar-refractivity contribution < 1.29 is 0 Å². The van der Waals surface area contributed by atoms with Gasteiger partial charge in [-0.3, -0.25) is 0 Å². The van der Waals surface area contributed by atoms with E-state index in [1.54, 1.807) is 0 Å². The third kappa shape index (κ3) is 3.57. The predicted octanol–water partition coefficient (Wildman–Crippen LogP) is 10.9. The molecule has 0 amide bonds. The summed E-state index contributed by atoms with van der Waals surface area (Å²) in [5.41, 5.74) is 16.1. The van der Waals surface area contributed by atoms with E-state index in [4.69, 9.17) is 0 Å². The van der Waals surface area contributed by atoms with Crippen molar-refractivity contribution in [2.24, 2.45) is 0 Å². The van der Waals surface area contributed by atoms with E-state index >= 15 is 0 Å². The number of allylic oxidation sites excluding steroid dienone is 3. The number of nitrogens with zero attached hydrogens (tertiary/aromatic N) is 2. The summed E-state index contributed by atoms with van der Waals surface area (Å²) in [6, 6.07) is 36.1. The quantitative estimate of drug-likeness (QED) is 0.198. The molecule has 2 nitrogen and oxygen atoms in total. The van der Waals surface area contributed by atoms with Crippen LogP contribution in [0.3, 0.4) is 0 Å². The molecule has 10 rings (SSSR count). The molecule has 3 aliphatic carbocycles. The zero-order valence-corrected chi connectivity index (χ0v) is 25.1. The molecule has 5 aromatic carbocycles. The highest BCUT2D eigenvalue weighted by molar-refractivity contribution is 6.28. The van der Waals surface area contributed by atoms with Crippen molar-refractivity contribution in [2.75, 3.05) is 0 Å². The number of hydrogen-bond donors (Lipinski definition) is 0. The lowest BCUT2D eigenvalue weighted by atomic mass is 9.95. The molecule has 214 valence electrons. The molecule has 0 saturated carbocycles. The van der Waals surface area contributed by atoms with Gasteiger partial charge < -0.3 is 9.13 Å². The molecule has 3 aliphatic rings. The molecule has 0 atom stereocenters. The third-order valence-corrected chi connectivity index (χ3v) is 10.2. The molecule has 2 aromatic heterocycles. The first-order valence-electron chi connectivity index (χ1n) is 16.3. The van der Waals surface area contributed by atoms with Gasteiger partial charge in [0, 0.05) is 44.2 Å². The molecule has 0 N–H and O–H groups in total. The highest BCUT2D eigenvalue weighted by Gasteiger charge is 2.29. The number of fused-ring (bicyclic) bond motifs is 11. The van der Waals surface area contributed by atoms with Crippen molar-refractivity contribution in [3.05, 3.63) is 149 Å². The lowest BCUT2D eigenvalue weighted by Gasteiger charge is -2.18. The van der Waals surface area contributed by atoms with E-state index in [1.807, 2.05) is 0 Å². The molecule has 0 saturated heterocycles. The summed E-state index contributed by atoms with van der Waals surface area (Å²) in [5.74, 6) is 0. The molecule has 2 heterocycles. The third-order valence-electron chi connectivity index (χ3n) is 10.2. The fourth-order valence-corrected chi connectivity index (χ4v) is 8.27. The number of rotatable bonds is 3. The molecule has 45 heavy (non-hydrogen) atoms. The zero-order valence-electron chi connectivity index (χ0n) is 25.1. The van der Waals surface area contributed by atoms with E-state index in [-0.39, 0.29) is 0 Å². The van der Waals surface area contributed by atoms with Crippen LogP contribution in [-0.4, -0.2) is 9.13 Å². The summed E-state index contributed by atoms with van der Waals surface area (Å²) in [5, 5.41) is 5.46. The second-order valence-electron chi connectivity index (χ2n) is 12.7. The van der Waals surface area contributed by atoms with Crippen LogP contribution in [0.4, 0.5) is 0 Å². The monoisotopic (exact) mass is 576 g/mol. The number of aryl methyl sites for hydroxylation is 1. The Bertz CT molecular complexity index is 2420. The highest BCUT2D eigenvalue weighted by Crippen LogP contribution is 2.48. The molecular formula is C43H32N2. The first-order chi connectivity index (χ1) is 22.3. The van der Waals surface area contributed by atoms with Crippen LogP contribution in [0.15, 0.2) is 115 Å². The maximum absolute atomic E-state index is 2.62. The van der Waals surface area contributed by atoms with Gasteiger partial charge in [-0.05, 0) is 90.3 Å². The summed E-state index contributed by atoms with van der Waals surface area (Å²) < 4.78 is 5.15. The largest absolute Gasteiger partial charge is 0.312 e. The Morgan fingerprint density at radius 3 is 2.09 bits per heavy atom. The average Bonchev–Trinajstić information content (AvgIpc) is 3.80. The maximum atomic E-state index is 2.62. The minimum atomic E-state index is 0.962. The number of hydrogen-bond acceptors (Lipinski definition) is 0. The van der Waals surface area contributed by atoms with E-state index < -0.39 is 0 Å². The second kappa shape index (κ2) is 9.58. The van der Waals surface area contributed by atoms with Crippen LogP contribution in [0.1, 0.15) is 46.5 Å². The SMILES string of the molecule is C1=Cc2ccc(-n3c4c(c5c6c7c(n(-c8ccc(-c9ccccc9)cc8)c6c6ccccc6c53)C=CC7)C=CCC4)cc2CC1. The summed E-state index contributed by atoms with van der Waals surface area (Å²) in [6.07, 6.45) is 19.4. The van der Waals surface area contributed by atoms with Crippen molar-refractivity contribution in [1.82, 2.24) is 9.13 Å². The second-order valence-corrected chi connectivity index (χ2v) is 12.7. The molecular weight excluding hydrogens is 544 g/mol. The van der Waals surface area contributed by atoms with Crippen LogP contribution < -0.4 is 0 Å². The van der Waals surface area contributed by atoms with Gasteiger partial charge in [-0.1, -0.05) is 103 Å². The van der Waals surface area contributed by atoms with Crippen molar-refractivity contribution in [3.8, 4) is 22.5 Å². The fourth-order valence-electron chi connectivity index (χ4n) is 8.27. The highest BCUT2D eigenvalue weighted by atomic mass is 15.0. The summed E-state index contributed by atoms with van der Waals surface area (Å²) in [7, 11) is 0. The van der Waals surface area contributed by atoms with Gasteiger partial charge in [0.05, 0.1) is 16.7 Å². The lowest BCUT2D eigenvalue weighted by Crippen LogP contribution is -2.05. The van der Waals surface area contributed by atoms with Crippen LogP contribution in [0.5, 0.6) is 0 Å². The summed E-state index contributed by atoms with van der Waals surface area (Å²) in [6.45, 7) is 0. The first kappa shape index (κ1) is 25.0. The molecule has 0 unspecified atom stereocenters. The fraction of sp³-hybridized carbons (Fsp3) is 0.116. The van der Waals surface area contributed by atoms with Crippen molar-refractivity contribution >= 4 is 50.8 Å². The van der Waals surface area contributed by atoms with Gasteiger partial charge >= 0.3 is 0 Å². The van der Waals surface area contributed by atoms with Crippen molar-refractivity contribution in [2.45, 2.75) is 32.1 Å². The van der Waals surface area contributed by atoms with Gasteiger partial charge in [0.15, 0.2) is 0 Å². The van der Waals surface area contributed by atoms with Crippen LogP contribution >= 0.6 is 0 Å². The predicted molar refractivity (Wildman–Crippen MR) is 190 cm³/mol. The van der Waals surface area contributed by atoms with Gasteiger partial charge in [0.1, 0.15) is 0 Å². The van der Waals surface area contributed by atoms with Crippen molar-refractivity contribution in [3.63, 3.8) is 0 Å². The van der Waals surface area contributed by atoms with Crippen LogP contribution in [0, 0.1) is 0 Å². The van der Waals surface area contributed by atoms with Gasteiger partial charge in [0.25, 0.3) is 0 Å². The molecule has 0 fully saturated rings. The molecule has 2 heteroatoms. The van der Waals surface area contributed by atoms with E-state index in [0.717, 1.165) is 32.1 Å². The molecule has 0 aliphatic heterocycles. The number of benzene rings is 5. The Balaban J connectivity index is 1.32. The number of aromatic nitrogens is 2. The minimum absolute atomic E-state index is 0.962. The maximum Gasteiger partial charge on any atom is 0.0624 e. The molecule has 0 radical (unpaired) electrons. The normalized spacial score (nSPS) is 14.8. The minimum Gasteiger partial charge on any atom is -0.312 e. The Labute approximate surface area is 262 Å². The summed E-state index contributed by atoms with van der Waals surface area (Å²) in [4.78, 5) is 0. The Morgan fingerprint density at radius 1 is 0.533 bits per heavy atom. The standard InChI is InChI=1S/C43H32N2/c1-2-11-28(12-3-1)30-21-24-32(25-22-30)44-39-20-10-18-37(39)41-40-36-17-8-9-19-38(36)45(33-26-23-29-13-4-5-14-31(29)27-33)43(40)35-16-7-6-15-34(35)42(41)44/h1-4,6-8,10-13,15-17,20-27H,5,9,14,18-19H2. The van der Waals surface area contributed by atoms with Gasteiger partial charge in [-0.15, -0.1) is 0 Å². The van der Waals surface area contributed by atoms with Crippen LogP contribution in [-0.2, 0) is 19.3 Å². The van der Waals surface area contributed by atoms with Crippen LogP contribution in [0.25, 0.3) is 73.3 Å². The van der Waals surface area contributed by atoms with E-state index in [1.165, 1.54) is 88.7 Å². The van der Waals surface area contributed by atoms with E-state index in [2.05, 4.69) is 143 Å². The molecule has 0 bridgehead atoms. The Hall–Kier alpha value is -5.34. The average molecular weight is 577 g/mol. The van der Waals surface area contributed by atoms with Crippen molar-refractivity contribution in [1.29, 1.82) is 0 Å². The van der Waals surface area contributed by atoms with Gasteiger partial charge in [0.2, 0.25) is 0 Å². The molecule has 0 spiro atoms. The van der Waals surface area contributed by atoms with Crippen LogP contribution in [0.2, 0.25) is 0 Å². The van der Waals surface area contributed by atoms with E-state index in [9.17, 15) is 0 Å². The zero-order chi connectivity index (χ0) is 29.5. The Morgan fingerprint density at radius 2 is 1.24 bits per heavy atom. The lowest BCUT2D eigenvalue weighted by molar-refractivity contribution is 0.885. The Kier molecular flexibility index (Phi) is 5.33. The van der Waals surface area contributed by atoms with Gasteiger partial charge in [-0.25, -0.2) is 0 Å². The smallest absolute Gasteiger partial charge is 0.0624 e. The van der Waals surface area contributed by atoms with E-state index in [0.29, 0.717) is 0 Å².